The summed E-state index contributed by atoms with van der Waals surface area (Å²) in [5.74, 6) is 1.05. The van der Waals surface area contributed by atoms with E-state index in [9.17, 15) is 0 Å². The molecule has 2 rings (SSSR count). The summed E-state index contributed by atoms with van der Waals surface area (Å²) in [6.45, 7) is 15.3. The molecule has 0 amide bonds. The van der Waals surface area contributed by atoms with Crippen LogP contribution in [0.1, 0.15) is 51.3 Å². The van der Waals surface area contributed by atoms with Crippen molar-refractivity contribution in [1.82, 2.24) is 0 Å². The Hall–Kier alpha value is -1.24. The van der Waals surface area contributed by atoms with Gasteiger partial charge in [0.2, 0.25) is 0 Å². The number of hydrogen-bond acceptors (Lipinski definition) is 1. The number of allylic oxidation sites excluding steroid dienone is 1. The largest absolute Gasteiger partial charge is 0.483 e. The molecule has 0 spiro atoms. The van der Waals surface area contributed by atoms with E-state index in [1.807, 2.05) is 0 Å². The molecule has 18 heavy (non-hydrogen) atoms. The highest BCUT2D eigenvalue weighted by molar-refractivity contribution is 5.78. The monoisotopic (exact) mass is 244 g/mol. The second kappa shape index (κ2) is 3.88. The van der Waals surface area contributed by atoms with Gasteiger partial charge in [0.05, 0.1) is 0 Å². The lowest BCUT2D eigenvalue weighted by Gasteiger charge is -2.37. The quantitative estimate of drug-likeness (QED) is 0.630. The molecular weight excluding hydrogens is 220 g/mol. The molecule has 0 bridgehead atoms. The standard InChI is InChI=1S/C17H24O/c1-11-8-12(2)15-13(9-11)14(16(3,4)5)10-17(6,7)18-15/h8-10H,1-7H3. The average molecular weight is 244 g/mol. The van der Waals surface area contributed by atoms with Gasteiger partial charge in [-0.3, -0.25) is 0 Å². The van der Waals surface area contributed by atoms with Gasteiger partial charge in [-0.15, -0.1) is 0 Å². The summed E-state index contributed by atoms with van der Waals surface area (Å²) in [5.41, 5.74) is 5.09. The molecule has 98 valence electrons. The lowest BCUT2D eigenvalue weighted by Crippen LogP contribution is -2.31. The van der Waals surface area contributed by atoms with E-state index in [4.69, 9.17) is 4.74 Å². The van der Waals surface area contributed by atoms with Gasteiger partial charge in [0.15, 0.2) is 0 Å². The van der Waals surface area contributed by atoms with Gasteiger partial charge < -0.3 is 4.74 Å². The predicted molar refractivity (Wildman–Crippen MR) is 78.1 cm³/mol. The molecule has 0 atom stereocenters. The van der Waals surface area contributed by atoms with E-state index < -0.39 is 0 Å². The Morgan fingerprint density at radius 2 is 1.67 bits per heavy atom. The zero-order valence-electron chi connectivity index (χ0n) is 12.6. The summed E-state index contributed by atoms with van der Waals surface area (Å²) in [6.07, 6.45) is 2.27. The van der Waals surface area contributed by atoms with Crippen LogP contribution < -0.4 is 4.74 Å². The molecule has 0 saturated carbocycles. The zero-order valence-corrected chi connectivity index (χ0v) is 12.6. The molecule has 0 N–H and O–H groups in total. The zero-order chi connectivity index (χ0) is 13.7. The Bertz CT molecular complexity index is 513. The molecule has 0 fully saturated rings. The summed E-state index contributed by atoms with van der Waals surface area (Å²) in [5, 5.41) is 0. The van der Waals surface area contributed by atoms with Crippen molar-refractivity contribution in [2.75, 3.05) is 0 Å². The van der Waals surface area contributed by atoms with Crippen LogP contribution in [0.4, 0.5) is 0 Å². The first kappa shape index (κ1) is 13.2. The third-order valence-corrected chi connectivity index (χ3v) is 3.37. The van der Waals surface area contributed by atoms with Gasteiger partial charge in [0.1, 0.15) is 11.4 Å². The smallest absolute Gasteiger partial charge is 0.131 e. The second-order valence-electron chi connectivity index (χ2n) is 6.97. The maximum absolute atomic E-state index is 6.15. The third-order valence-electron chi connectivity index (χ3n) is 3.37. The normalized spacial score (nSPS) is 17.8. The van der Waals surface area contributed by atoms with Crippen LogP contribution in [0.2, 0.25) is 0 Å². The van der Waals surface area contributed by atoms with Crippen LogP contribution in [0.15, 0.2) is 18.2 Å². The summed E-state index contributed by atoms with van der Waals surface area (Å²) in [4.78, 5) is 0. The fraction of sp³-hybridized carbons (Fsp3) is 0.529. The van der Waals surface area contributed by atoms with E-state index in [1.165, 1.54) is 22.3 Å². The van der Waals surface area contributed by atoms with Crippen LogP contribution in [-0.2, 0) is 0 Å². The molecule has 0 aromatic heterocycles. The molecule has 1 nitrogen and oxygen atoms in total. The van der Waals surface area contributed by atoms with Crippen LogP contribution in [-0.4, -0.2) is 5.60 Å². The second-order valence-corrected chi connectivity index (χ2v) is 6.97. The van der Waals surface area contributed by atoms with Crippen molar-refractivity contribution < 1.29 is 4.74 Å². The lowest BCUT2D eigenvalue weighted by atomic mass is 9.77. The molecule has 0 radical (unpaired) electrons. The molecule has 0 unspecified atom stereocenters. The molecule has 1 aromatic carbocycles. The van der Waals surface area contributed by atoms with Crippen molar-refractivity contribution >= 4 is 5.57 Å². The van der Waals surface area contributed by atoms with Gasteiger partial charge in [-0.25, -0.2) is 0 Å². The molecule has 1 heterocycles. The van der Waals surface area contributed by atoms with E-state index in [0.29, 0.717) is 0 Å². The molecule has 1 aliphatic heterocycles. The minimum Gasteiger partial charge on any atom is -0.483 e. The summed E-state index contributed by atoms with van der Waals surface area (Å²) < 4.78 is 6.15. The van der Waals surface area contributed by atoms with Crippen LogP contribution in [0, 0.1) is 19.3 Å². The average Bonchev–Trinajstić information content (AvgIpc) is 2.16. The van der Waals surface area contributed by atoms with Gasteiger partial charge in [-0.2, -0.15) is 0 Å². The Balaban J connectivity index is 2.72. The van der Waals surface area contributed by atoms with Gasteiger partial charge in [-0.1, -0.05) is 26.8 Å². The number of ether oxygens (including phenoxy) is 1. The first-order valence-electron chi connectivity index (χ1n) is 6.64. The van der Waals surface area contributed by atoms with Crippen LogP contribution in [0.3, 0.4) is 0 Å². The van der Waals surface area contributed by atoms with E-state index in [1.54, 1.807) is 0 Å². The number of benzene rings is 1. The first-order valence-corrected chi connectivity index (χ1v) is 6.64. The van der Waals surface area contributed by atoms with E-state index in [-0.39, 0.29) is 11.0 Å². The highest BCUT2D eigenvalue weighted by atomic mass is 16.5. The molecule has 0 aliphatic carbocycles. The van der Waals surface area contributed by atoms with Gasteiger partial charge in [0, 0.05) is 5.56 Å². The van der Waals surface area contributed by atoms with Crippen LogP contribution in [0.25, 0.3) is 5.57 Å². The third kappa shape index (κ3) is 2.31. The van der Waals surface area contributed by atoms with Crippen LogP contribution in [0.5, 0.6) is 5.75 Å². The van der Waals surface area contributed by atoms with Crippen molar-refractivity contribution in [3.63, 3.8) is 0 Å². The van der Waals surface area contributed by atoms with Crippen molar-refractivity contribution in [3.05, 3.63) is 34.9 Å². The lowest BCUT2D eigenvalue weighted by molar-refractivity contribution is 0.155. The highest BCUT2D eigenvalue weighted by Gasteiger charge is 2.32. The maximum atomic E-state index is 6.15. The Kier molecular flexibility index (Phi) is 2.84. The van der Waals surface area contributed by atoms with Crippen molar-refractivity contribution in [3.8, 4) is 5.75 Å². The van der Waals surface area contributed by atoms with Gasteiger partial charge >= 0.3 is 0 Å². The van der Waals surface area contributed by atoms with Gasteiger partial charge in [-0.05, 0) is 62.0 Å². The minimum atomic E-state index is -0.227. The topological polar surface area (TPSA) is 9.23 Å². The van der Waals surface area contributed by atoms with Crippen molar-refractivity contribution in [1.29, 1.82) is 0 Å². The molecule has 1 aliphatic rings. The maximum Gasteiger partial charge on any atom is 0.131 e. The predicted octanol–water partition coefficient (Wildman–Crippen LogP) is 4.90. The Morgan fingerprint density at radius 1 is 1.06 bits per heavy atom. The van der Waals surface area contributed by atoms with E-state index in [2.05, 4.69) is 66.7 Å². The van der Waals surface area contributed by atoms with Crippen molar-refractivity contribution in [2.24, 2.45) is 5.41 Å². The SMILES string of the molecule is Cc1cc(C)c2c(c1)C(C(C)(C)C)=CC(C)(C)O2. The minimum absolute atomic E-state index is 0.135. The highest BCUT2D eigenvalue weighted by Crippen LogP contribution is 2.46. The Morgan fingerprint density at radius 3 is 2.22 bits per heavy atom. The summed E-state index contributed by atoms with van der Waals surface area (Å²) in [6, 6.07) is 4.44. The summed E-state index contributed by atoms with van der Waals surface area (Å²) >= 11 is 0. The fourth-order valence-electron chi connectivity index (χ4n) is 2.63. The molecule has 0 saturated heterocycles. The molecule has 1 heteroatoms. The number of fused-ring (bicyclic) bond motifs is 1. The molecular formula is C17H24O. The van der Waals surface area contributed by atoms with E-state index >= 15 is 0 Å². The summed E-state index contributed by atoms with van der Waals surface area (Å²) in [7, 11) is 0. The number of rotatable bonds is 0. The first-order chi connectivity index (χ1) is 8.10. The molecule has 1 aromatic rings. The number of hydrogen-bond donors (Lipinski definition) is 0. The van der Waals surface area contributed by atoms with Gasteiger partial charge in [0.25, 0.3) is 0 Å². The fourth-order valence-corrected chi connectivity index (χ4v) is 2.63. The van der Waals surface area contributed by atoms with Crippen LogP contribution >= 0.6 is 0 Å². The number of aryl methyl sites for hydroxylation is 2. The van der Waals surface area contributed by atoms with E-state index in [0.717, 1.165) is 5.75 Å². The Labute approximate surface area is 111 Å². The van der Waals surface area contributed by atoms with Crippen molar-refractivity contribution in [2.45, 2.75) is 54.1 Å².